The number of aliphatic hydroxyl groups is 2. The third kappa shape index (κ3) is 4.16. The zero-order chi connectivity index (χ0) is 18.0. The number of rotatable bonds is 6. The van der Waals surface area contributed by atoms with Crippen LogP contribution in [0.25, 0.3) is 10.9 Å². The Morgan fingerprint density at radius 3 is 2.92 bits per heavy atom. The van der Waals surface area contributed by atoms with Gasteiger partial charge in [-0.05, 0) is 12.1 Å². The standard InChI is InChI=1S/C15H13BFN3O4S/c16-15(22,23)14(21)18-4-9-1-8-2-11(17)13(3-12(8)20-9)24-5-10-6-25-7-19-10/h1-3,6-7,20,22-23H,4-5H2,(H,18,21). The van der Waals surface area contributed by atoms with Crippen molar-refractivity contribution in [2.45, 2.75) is 18.8 Å². The van der Waals surface area contributed by atoms with Gasteiger partial charge in [0, 0.05) is 28.0 Å². The van der Waals surface area contributed by atoms with Crippen molar-refractivity contribution in [1.29, 1.82) is 0 Å². The van der Waals surface area contributed by atoms with Gasteiger partial charge in [0.25, 0.3) is 5.91 Å². The molecule has 1 amide bonds. The SMILES string of the molecule is [B]C(O)(O)C(=O)NCc1cc2cc(F)c(OCc3cscn3)cc2[nH]1. The van der Waals surface area contributed by atoms with Crippen LogP contribution in [0.4, 0.5) is 4.39 Å². The number of benzene rings is 1. The molecule has 1 aromatic carbocycles. The van der Waals surface area contributed by atoms with Gasteiger partial charge >= 0.3 is 0 Å². The normalized spacial score (nSPS) is 11.6. The lowest BCUT2D eigenvalue weighted by Crippen LogP contribution is -2.46. The van der Waals surface area contributed by atoms with E-state index in [1.54, 1.807) is 11.6 Å². The third-order valence-electron chi connectivity index (χ3n) is 3.36. The van der Waals surface area contributed by atoms with Crippen molar-refractivity contribution in [1.82, 2.24) is 15.3 Å². The van der Waals surface area contributed by atoms with Crippen LogP contribution >= 0.6 is 11.3 Å². The molecule has 0 aliphatic carbocycles. The van der Waals surface area contributed by atoms with Crippen LogP contribution in [0.5, 0.6) is 5.75 Å². The highest BCUT2D eigenvalue weighted by atomic mass is 32.1. The smallest absolute Gasteiger partial charge is 0.268 e. The predicted octanol–water partition coefficient (Wildman–Crippen LogP) is 0.766. The summed E-state index contributed by atoms with van der Waals surface area (Å²) in [5.41, 5.74) is 0.556. The summed E-state index contributed by atoms with van der Waals surface area (Å²) in [6.07, 6.45) is 0. The number of hydrogen-bond acceptors (Lipinski definition) is 6. The molecule has 2 heterocycles. The number of aromatic amines is 1. The number of nitrogens with one attached hydrogen (secondary N) is 2. The predicted molar refractivity (Wildman–Crippen MR) is 89.5 cm³/mol. The summed E-state index contributed by atoms with van der Waals surface area (Å²) in [6, 6.07) is 4.43. The molecule has 0 atom stereocenters. The molecule has 2 aromatic heterocycles. The van der Waals surface area contributed by atoms with E-state index in [0.29, 0.717) is 22.3 Å². The van der Waals surface area contributed by atoms with Crippen molar-refractivity contribution >= 4 is 36.0 Å². The van der Waals surface area contributed by atoms with Crippen LogP contribution in [0.2, 0.25) is 0 Å². The van der Waals surface area contributed by atoms with Crippen LogP contribution < -0.4 is 10.1 Å². The summed E-state index contributed by atoms with van der Waals surface area (Å²) in [4.78, 5) is 18.4. The van der Waals surface area contributed by atoms with Gasteiger partial charge in [-0.15, -0.1) is 11.3 Å². The van der Waals surface area contributed by atoms with Crippen molar-refractivity contribution in [3.05, 3.63) is 46.3 Å². The lowest BCUT2D eigenvalue weighted by Gasteiger charge is -2.15. The minimum atomic E-state index is -2.95. The number of fused-ring (bicyclic) bond motifs is 1. The summed E-state index contributed by atoms with van der Waals surface area (Å²) in [7, 11) is 4.85. The van der Waals surface area contributed by atoms with Gasteiger partial charge in [0.15, 0.2) is 25.1 Å². The number of amides is 1. The highest BCUT2D eigenvalue weighted by molar-refractivity contribution is 7.07. The number of carbonyl (C=O) groups excluding carboxylic acids is 1. The first-order valence-corrected chi connectivity index (χ1v) is 8.10. The highest BCUT2D eigenvalue weighted by Crippen LogP contribution is 2.26. The van der Waals surface area contributed by atoms with E-state index in [1.807, 2.05) is 5.38 Å². The van der Waals surface area contributed by atoms with Gasteiger partial charge in [-0.25, -0.2) is 9.37 Å². The van der Waals surface area contributed by atoms with Crippen molar-refractivity contribution in [3.63, 3.8) is 0 Å². The van der Waals surface area contributed by atoms with E-state index in [-0.39, 0.29) is 18.9 Å². The molecule has 10 heteroatoms. The Hall–Kier alpha value is -2.43. The molecular formula is C15H13BFN3O4S. The van der Waals surface area contributed by atoms with Crippen molar-refractivity contribution < 1.29 is 24.1 Å². The van der Waals surface area contributed by atoms with Crippen molar-refractivity contribution in [3.8, 4) is 5.75 Å². The monoisotopic (exact) mass is 361 g/mol. The summed E-state index contributed by atoms with van der Waals surface area (Å²) in [5.74, 6) is -1.60. The highest BCUT2D eigenvalue weighted by Gasteiger charge is 2.25. The van der Waals surface area contributed by atoms with Crippen LogP contribution in [0.3, 0.4) is 0 Å². The topological polar surface area (TPSA) is 107 Å². The molecule has 0 spiro atoms. The Morgan fingerprint density at radius 1 is 1.44 bits per heavy atom. The van der Waals surface area contributed by atoms with Crippen LogP contribution in [-0.2, 0) is 17.9 Å². The zero-order valence-corrected chi connectivity index (χ0v) is 13.6. The Morgan fingerprint density at radius 2 is 2.24 bits per heavy atom. The van der Waals surface area contributed by atoms with Gasteiger partial charge in [0.1, 0.15) is 6.61 Å². The fourth-order valence-corrected chi connectivity index (χ4v) is 2.71. The van der Waals surface area contributed by atoms with Crippen molar-refractivity contribution in [2.75, 3.05) is 0 Å². The van der Waals surface area contributed by atoms with E-state index in [0.717, 1.165) is 0 Å². The van der Waals surface area contributed by atoms with E-state index in [2.05, 4.69) is 15.3 Å². The maximum atomic E-state index is 14.1. The second-order valence-corrected chi connectivity index (χ2v) is 6.06. The van der Waals surface area contributed by atoms with E-state index in [1.165, 1.54) is 23.5 Å². The molecular weight excluding hydrogens is 348 g/mol. The lowest BCUT2D eigenvalue weighted by atomic mass is 9.94. The first-order chi connectivity index (χ1) is 11.8. The average molecular weight is 361 g/mol. The number of ether oxygens (including phenoxy) is 1. The number of thiazole rings is 1. The van der Waals surface area contributed by atoms with E-state index in [4.69, 9.17) is 22.8 Å². The van der Waals surface area contributed by atoms with Gasteiger partial charge in [-0.3, -0.25) is 4.79 Å². The molecule has 0 aliphatic heterocycles. The van der Waals surface area contributed by atoms with Crippen LogP contribution in [0, 0.1) is 5.82 Å². The lowest BCUT2D eigenvalue weighted by molar-refractivity contribution is -0.158. The van der Waals surface area contributed by atoms with Crippen LogP contribution in [0.1, 0.15) is 11.4 Å². The minimum absolute atomic E-state index is 0.0375. The van der Waals surface area contributed by atoms with Crippen molar-refractivity contribution in [2.24, 2.45) is 0 Å². The molecule has 0 saturated heterocycles. The first kappa shape index (κ1) is 17.4. The number of carbonyl (C=O) groups is 1. The molecule has 0 bridgehead atoms. The summed E-state index contributed by atoms with van der Waals surface area (Å²) < 4.78 is 19.6. The maximum absolute atomic E-state index is 14.1. The summed E-state index contributed by atoms with van der Waals surface area (Å²) in [5, 5.41) is 22.5. The molecule has 0 fully saturated rings. The van der Waals surface area contributed by atoms with Gasteiger partial charge in [-0.2, -0.15) is 0 Å². The summed E-state index contributed by atoms with van der Waals surface area (Å²) >= 11 is 1.42. The quantitative estimate of drug-likeness (QED) is 0.383. The number of halogens is 1. The number of H-pyrrole nitrogens is 1. The van der Waals surface area contributed by atoms with E-state index < -0.39 is 17.4 Å². The van der Waals surface area contributed by atoms with Gasteiger partial charge in [0.2, 0.25) is 0 Å². The molecule has 0 unspecified atom stereocenters. The Kier molecular flexibility index (Phi) is 4.75. The molecule has 3 rings (SSSR count). The summed E-state index contributed by atoms with van der Waals surface area (Å²) in [6.45, 7) is 0.116. The number of hydrogen-bond donors (Lipinski definition) is 4. The minimum Gasteiger partial charge on any atom is -0.484 e. The first-order valence-electron chi connectivity index (χ1n) is 7.16. The number of nitrogens with zero attached hydrogens (tertiary/aromatic N) is 1. The Bertz CT molecular complexity index is 892. The molecule has 0 saturated carbocycles. The molecule has 128 valence electrons. The molecule has 4 N–H and O–H groups in total. The molecule has 3 aromatic rings. The fourth-order valence-electron chi connectivity index (χ4n) is 2.17. The molecule has 0 aliphatic rings. The molecule has 2 radical (unpaired) electrons. The van der Waals surface area contributed by atoms with Crippen LogP contribution in [-0.4, -0.2) is 39.6 Å². The molecule has 7 nitrogen and oxygen atoms in total. The Balaban J connectivity index is 1.73. The number of aromatic nitrogens is 2. The Labute approximate surface area is 146 Å². The second kappa shape index (κ2) is 6.83. The third-order valence-corrected chi connectivity index (χ3v) is 4.00. The second-order valence-electron chi connectivity index (χ2n) is 5.34. The van der Waals surface area contributed by atoms with Gasteiger partial charge in [0.05, 0.1) is 17.7 Å². The van der Waals surface area contributed by atoms with Gasteiger partial charge in [-0.1, -0.05) is 0 Å². The largest absolute Gasteiger partial charge is 0.484 e. The molecule has 25 heavy (non-hydrogen) atoms. The van der Waals surface area contributed by atoms with Crippen LogP contribution in [0.15, 0.2) is 29.1 Å². The van der Waals surface area contributed by atoms with E-state index >= 15 is 0 Å². The maximum Gasteiger partial charge on any atom is 0.268 e. The zero-order valence-electron chi connectivity index (χ0n) is 12.8. The average Bonchev–Trinajstić information content (AvgIpc) is 3.18. The van der Waals surface area contributed by atoms with E-state index in [9.17, 15) is 9.18 Å². The van der Waals surface area contributed by atoms with Gasteiger partial charge < -0.3 is 25.3 Å². The fraction of sp³-hybridized carbons (Fsp3) is 0.200.